The number of fused-ring (bicyclic) bond motifs is 1. The maximum Gasteiger partial charge on any atom is 0.165 e. The van der Waals surface area contributed by atoms with E-state index in [2.05, 4.69) is 28.4 Å². The van der Waals surface area contributed by atoms with Crippen molar-refractivity contribution in [3.05, 3.63) is 18.2 Å². The number of hydrogen-bond acceptors (Lipinski definition) is 3. The van der Waals surface area contributed by atoms with Crippen molar-refractivity contribution in [3.8, 4) is 5.75 Å². The lowest BCUT2D eigenvalue weighted by atomic mass is 10.1. The maximum atomic E-state index is 5.80. The highest BCUT2D eigenvalue weighted by atomic mass is 16.5. The van der Waals surface area contributed by atoms with Crippen molar-refractivity contribution in [2.45, 2.75) is 19.3 Å². The number of anilines is 2. The molecule has 1 aromatic rings. The molecule has 3 heteroatoms. The third kappa shape index (κ3) is 1.70. The fraction of sp³-hybridized carbons (Fsp3) is 0.538. The molecule has 0 bridgehead atoms. The lowest BCUT2D eigenvalue weighted by Gasteiger charge is -2.32. The van der Waals surface area contributed by atoms with Gasteiger partial charge in [0, 0.05) is 19.6 Å². The Hall–Kier alpha value is -1.38. The largest absolute Gasteiger partial charge is 0.487 e. The van der Waals surface area contributed by atoms with Crippen molar-refractivity contribution >= 4 is 11.4 Å². The Labute approximate surface area is 96.4 Å². The molecule has 0 saturated carbocycles. The Morgan fingerprint density at radius 1 is 1.12 bits per heavy atom. The van der Waals surface area contributed by atoms with Gasteiger partial charge in [0.1, 0.15) is 6.61 Å². The van der Waals surface area contributed by atoms with Gasteiger partial charge in [-0.15, -0.1) is 0 Å². The van der Waals surface area contributed by atoms with Gasteiger partial charge in [-0.1, -0.05) is 6.07 Å². The molecular weight excluding hydrogens is 200 g/mol. The first kappa shape index (κ1) is 9.82. The van der Waals surface area contributed by atoms with Crippen molar-refractivity contribution in [2.75, 3.05) is 36.5 Å². The molecular formula is C13H18N2O. The molecule has 86 valence electrons. The van der Waals surface area contributed by atoms with Gasteiger partial charge in [-0.25, -0.2) is 0 Å². The zero-order valence-electron chi connectivity index (χ0n) is 9.54. The van der Waals surface area contributed by atoms with Crippen LogP contribution in [0.2, 0.25) is 0 Å². The number of para-hydroxylation sites is 1. The quantitative estimate of drug-likeness (QED) is 0.783. The lowest BCUT2D eigenvalue weighted by molar-refractivity contribution is 0.323. The summed E-state index contributed by atoms with van der Waals surface area (Å²) in [6, 6.07) is 6.39. The summed E-state index contributed by atoms with van der Waals surface area (Å²) in [5, 5.41) is 3.39. The van der Waals surface area contributed by atoms with Gasteiger partial charge < -0.3 is 15.0 Å². The zero-order chi connectivity index (χ0) is 10.8. The molecule has 1 fully saturated rings. The molecule has 1 saturated heterocycles. The topological polar surface area (TPSA) is 24.5 Å². The second kappa shape index (κ2) is 4.24. The van der Waals surface area contributed by atoms with Crippen LogP contribution in [0.5, 0.6) is 5.75 Å². The summed E-state index contributed by atoms with van der Waals surface area (Å²) < 4.78 is 5.80. The van der Waals surface area contributed by atoms with Gasteiger partial charge in [0.2, 0.25) is 0 Å². The number of piperidine rings is 1. The maximum absolute atomic E-state index is 5.80. The molecule has 3 nitrogen and oxygen atoms in total. The normalized spacial score (nSPS) is 19.6. The summed E-state index contributed by atoms with van der Waals surface area (Å²) in [6.07, 6.45) is 3.97. The molecule has 0 amide bonds. The standard InChI is InChI=1S/C13H18N2O/c1-2-8-15(9-3-1)12-6-4-5-11-13(12)16-10-7-14-11/h4-6,14H,1-3,7-10H2. The molecule has 1 aromatic carbocycles. The van der Waals surface area contributed by atoms with Gasteiger partial charge in [-0.3, -0.25) is 0 Å². The first-order valence-electron chi connectivity index (χ1n) is 6.20. The van der Waals surface area contributed by atoms with E-state index in [1.807, 2.05) is 0 Å². The van der Waals surface area contributed by atoms with Crippen molar-refractivity contribution in [2.24, 2.45) is 0 Å². The summed E-state index contributed by atoms with van der Waals surface area (Å²) in [5.41, 5.74) is 2.42. The van der Waals surface area contributed by atoms with Crippen molar-refractivity contribution in [1.29, 1.82) is 0 Å². The van der Waals surface area contributed by atoms with Crippen molar-refractivity contribution in [1.82, 2.24) is 0 Å². The SMILES string of the molecule is c1cc2c(c(N3CCCCC3)c1)OCCN2. The summed E-state index contributed by atoms with van der Waals surface area (Å²) in [7, 11) is 0. The van der Waals surface area contributed by atoms with E-state index < -0.39 is 0 Å². The third-order valence-corrected chi connectivity index (χ3v) is 3.35. The molecule has 0 atom stereocenters. The lowest BCUT2D eigenvalue weighted by Crippen LogP contribution is -2.30. The predicted octanol–water partition coefficient (Wildman–Crippen LogP) is 2.48. The number of nitrogens with zero attached hydrogens (tertiary/aromatic N) is 1. The monoisotopic (exact) mass is 218 g/mol. The Kier molecular flexibility index (Phi) is 2.60. The predicted molar refractivity (Wildman–Crippen MR) is 66.5 cm³/mol. The number of nitrogens with one attached hydrogen (secondary N) is 1. The number of ether oxygens (including phenoxy) is 1. The molecule has 16 heavy (non-hydrogen) atoms. The molecule has 0 unspecified atom stereocenters. The second-order valence-electron chi connectivity index (χ2n) is 4.48. The molecule has 3 rings (SSSR count). The van der Waals surface area contributed by atoms with E-state index in [1.54, 1.807) is 0 Å². The average molecular weight is 218 g/mol. The van der Waals surface area contributed by atoms with E-state index in [1.165, 1.54) is 38.0 Å². The fourth-order valence-electron chi connectivity index (χ4n) is 2.54. The van der Waals surface area contributed by atoms with E-state index in [4.69, 9.17) is 4.74 Å². The molecule has 0 aliphatic carbocycles. The highest BCUT2D eigenvalue weighted by Gasteiger charge is 2.19. The van der Waals surface area contributed by atoms with Gasteiger partial charge in [-0.05, 0) is 31.4 Å². The van der Waals surface area contributed by atoms with Crippen LogP contribution in [0.25, 0.3) is 0 Å². The Morgan fingerprint density at radius 2 is 2.00 bits per heavy atom. The van der Waals surface area contributed by atoms with E-state index in [0.29, 0.717) is 0 Å². The number of benzene rings is 1. The molecule has 2 aliphatic heterocycles. The van der Waals surface area contributed by atoms with Crippen LogP contribution in [0.3, 0.4) is 0 Å². The highest BCUT2D eigenvalue weighted by Crippen LogP contribution is 2.38. The van der Waals surface area contributed by atoms with Crippen molar-refractivity contribution in [3.63, 3.8) is 0 Å². The number of hydrogen-bond donors (Lipinski definition) is 1. The van der Waals surface area contributed by atoms with Crippen LogP contribution in [0.15, 0.2) is 18.2 Å². The Balaban J connectivity index is 1.93. The minimum absolute atomic E-state index is 0.776. The second-order valence-corrected chi connectivity index (χ2v) is 4.48. The minimum Gasteiger partial charge on any atom is -0.487 e. The van der Waals surface area contributed by atoms with Crippen LogP contribution in [-0.4, -0.2) is 26.2 Å². The summed E-state index contributed by atoms with van der Waals surface area (Å²) >= 11 is 0. The molecule has 2 aliphatic rings. The fourth-order valence-corrected chi connectivity index (χ4v) is 2.54. The van der Waals surface area contributed by atoms with Gasteiger partial charge in [-0.2, -0.15) is 0 Å². The Bertz CT molecular complexity index is 372. The molecule has 0 spiro atoms. The Morgan fingerprint density at radius 3 is 2.88 bits per heavy atom. The van der Waals surface area contributed by atoms with Crippen LogP contribution in [0, 0.1) is 0 Å². The molecule has 2 heterocycles. The first-order valence-corrected chi connectivity index (χ1v) is 6.20. The average Bonchev–Trinajstić information content (AvgIpc) is 2.39. The van der Waals surface area contributed by atoms with Gasteiger partial charge in [0.25, 0.3) is 0 Å². The van der Waals surface area contributed by atoms with Crippen LogP contribution >= 0.6 is 0 Å². The number of rotatable bonds is 1. The molecule has 1 N–H and O–H groups in total. The van der Waals surface area contributed by atoms with E-state index >= 15 is 0 Å². The van der Waals surface area contributed by atoms with Gasteiger partial charge in [0.05, 0.1) is 11.4 Å². The van der Waals surface area contributed by atoms with Gasteiger partial charge >= 0.3 is 0 Å². The first-order chi connectivity index (χ1) is 7.95. The summed E-state index contributed by atoms with van der Waals surface area (Å²) in [4.78, 5) is 2.45. The van der Waals surface area contributed by atoms with Crippen LogP contribution in [-0.2, 0) is 0 Å². The van der Waals surface area contributed by atoms with Gasteiger partial charge in [0.15, 0.2) is 5.75 Å². The van der Waals surface area contributed by atoms with Crippen LogP contribution in [0.4, 0.5) is 11.4 Å². The van der Waals surface area contributed by atoms with E-state index in [-0.39, 0.29) is 0 Å². The van der Waals surface area contributed by atoms with E-state index in [0.717, 1.165) is 24.6 Å². The van der Waals surface area contributed by atoms with Crippen LogP contribution < -0.4 is 15.0 Å². The zero-order valence-corrected chi connectivity index (χ0v) is 9.54. The molecule has 0 aromatic heterocycles. The molecule has 0 radical (unpaired) electrons. The van der Waals surface area contributed by atoms with E-state index in [9.17, 15) is 0 Å². The van der Waals surface area contributed by atoms with Crippen molar-refractivity contribution < 1.29 is 4.74 Å². The summed E-state index contributed by atoms with van der Waals surface area (Å²) in [6.45, 7) is 4.02. The smallest absolute Gasteiger partial charge is 0.165 e. The third-order valence-electron chi connectivity index (χ3n) is 3.35. The summed E-state index contributed by atoms with van der Waals surface area (Å²) in [5.74, 6) is 1.05. The highest BCUT2D eigenvalue weighted by molar-refractivity contribution is 5.73. The minimum atomic E-state index is 0.776. The van der Waals surface area contributed by atoms with Crippen LogP contribution in [0.1, 0.15) is 19.3 Å².